The van der Waals surface area contributed by atoms with Gasteiger partial charge in [0, 0.05) is 23.2 Å². The summed E-state index contributed by atoms with van der Waals surface area (Å²) in [6, 6.07) is 0. The largest absolute Gasteiger partial charge is 0.459 e. The molecule has 6 nitrogen and oxygen atoms in total. The van der Waals surface area contributed by atoms with Gasteiger partial charge in [-0.25, -0.2) is 4.39 Å². The molecule has 3 fully saturated rings. The zero-order valence-corrected chi connectivity index (χ0v) is 29.5. The Labute approximate surface area is 282 Å². The number of hydrogen-bond acceptors (Lipinski definition) is 6. The van der Waals surface area contributed by atoms with Gasteiger partial charge in [-0.1, -0.05) is 95.9 Å². The number of allylic oxidation sites excluding steroid dienone is 6. The lowest BCUT2D eigenvalue weighted by atomic mass is 9.44. The molecule has 0 bridgehead atoms. The predicted molar refractivity (Wildman–Crippen MR) is 183 cm³/mol. The van der Waals surface area contributed by atoms with Crippen LogP contribution in [0.3, 0.4) is 0 Å². The lowest BCUT2D eigenvalue weighted by Crippen LogP contribution is -2.70. The lowest BCUT2D eigenvalue weighted by molar-refractivity contribution is -0.230. The number of Topliss-reactive ketones (excluding diaryl/α,β-unsaturated/α-hetero) is 1. The molecule has 4 aliphatic rings. The van der Waals surface area contributed by atoms with Gasteiger partial charge < -0.3 is 14.9 Å². The molecule has 0 aromatic rings. The van der Waals surface area contributed by atoms with E-state index >= 15 is 4.39 Å². The molecule has 0 heterocycles. The topological polar surface area (TPSA) is 101 Å². The lowest BCUT2D eigenvalue weighted by Gasteiger charge is -2.63. The van der Waals surface area contributed by atoms with Crippen molar-refractivity contribution < 1.29 is 33.7 Å². The first-order valence-corrected chi connectivity index (χ1v) is 18.7. The van der Waals surface area contributed by atoms with E-state index in [0.29, 0.717) is 31.3 Å². The highest BCUT2D eigenvalue weighted by atomic mass is 19.1. The average molecular weight is 657 g/mol. The number of alkyl halides is 1. The molecule has 47 heavy (non-hydrogen) atoms. The second-order valence-corrected chi connectivity index (χ2v) is 15.5. The maximum absolute atomic E-state index is 18.2. The highest BCUT2D eigenvalue weighted by Gasteiger charge is 2.76. The van der Waals surface area contributed by atoms with Crippen LogP contribution in [0.25, 0.3) is 0 Å². The van der Waals surface area contributed by atoms with Crippen molar-refractivity contribution in [2.75, 3.05) is 6.61 Å². The Kier molecular flexibility index (Phi) is 12.9. The molecule has 8 atom stereocenters. The number of aliphatic hydroxyl groups excluding tert-OH is 1. The molecule has 4 aliphatic carbocycles. The maximum Gasteiger partial charge on any atom is 0.306 e. The summed E-state index contributed by atoms with van der Waals surface area (Å²) < 4.78 is 24.3. The van der Waals surface area contributed by atoms with Crippen LogP contribution < -0.4 is 0 Å². The average Bonchev–Trinajstić information content (AvgIpc) is 3.24. The summed E-state index contributed by atoms with van der Waals surface area (Å²) in [5.41, 5.74) is -5.38. The summed E-state index contributed by atoms with van der Waals surface area (Å²) >= 11 is 0. The molecule has 0 spiro atoms. The zero-order chi connectivity index (χ0) is 34.3. The minimum absolute atomic E-state index is 0.0278. The van der Waals surface area contributed by atoms with Crippen LogP contribution >= 0.6 is 0 Å². The third kappa shape index (κ3) is 7.27. The number of carbonyl (C=O) groups is 3. The van der Waals surface area contributed by atoms with Crippen LogP contribution in [0.1, 0.15) is 143 Å². The number of hydrogen-bond donors (Lipinski definition) is 2. The van der Waals surface area contributed by atoms with Gasteiger partial charge >= 0.3 is 5.97 Å². The van der Waals surface area contributed by atoms with Crippen molar-refractivity contribution in [3.8, 4) is 0 Å². The highest BCUT2D eigenvalue weighted by molar-refractivity contribution is 6.01. The third-order valence-corrected chi connectivity index (χ3v) is 12.7. The number of fused-ring (bicyclic) bond motifs is 5. The van der Waals surface area contributed by atoms with Crippen molar-refractivity contribution in [2.45, 2.75) is 161 Å². The summed E-state index contributed by atoms with van der Waals surface area (Å²) in [5.74, 6) is -2.74. The molecular formula is C40H61FO6. The summed E-state index contributed by atoms with van der Waals surface area (Å²) in [6.45, 7) is 6.84. The summed E-state index contributed by atoms with van der Waals surface area (Å²) in [5, 5.41) is 21.8. The van der Waals surface area contributed by atoms with Gasteiger partial charge in [-0.3, -0.25) is 14.4 Å². The second-order valence-electron chi connectivity index (χ2n) is 15.5. The Morgan fingerprint density at radius 3 is 2.23 bits per heavy atom. The minimum atomic E-state index is -2.01. The van der Waals surface area contributed by atoms with Crippen molar-refractivity contribution in [3.63, 3.8) is 0 Å². The van der Waals surface area contributed by atoms with Crippen LogP contribution in [0, 0.1) is 28.6 Å². The van der Waals surface area contributed by atoms with E-state index in [9.17, 15) is 24.6 Å². The zero-order valence-electron chi connectivity index (χ0n) is 29.5. The monoisotopic (exact) mass is 656 g/mol. The van der Waals surface area contributed by atoms with E-state index in [0.717, 1.165) is 38.5 Å². The van der Waals surface area contributed by atoms with Gasteiger partial charge in [0.25, 0.3) is 0 Å². The number of ketones is 2. The molecule has 7 heteroatoms. The molecule has 0 aromatic carbocycles. The van der Waals surface area contributed by atoms with Gasteiger partial charge in [0.1, 0.15) is 18.3 Å². The molecule has 0 aromatic heterocycles. The fourth-order valence-corrected chi connectivity index (χ4v) is 9.91. The number of rotatable bonds is 18. The first-order valence-electron chi connectivity index (χ1n) is 18.7. The van der Waals surface area contributed by atoms with Crippen LogP contribution in [0.4, 0.5) is 4.39 Å². The van der Waals surface area contributed by atoms with Crippen molar-refractivity contribution in [3.05, 3.63) is 36.0 Å². The van der Waals surface area contributed by atoms with Gasteiger partial charge in [-0.05, 0) is 88.7 Å². The highest BCUT2D eigenvalue weighted by Crippen LogP contribution is 2.71. The van der Waals surface area contributed by atoms with Crippen LogP contribution in [0.5, 0.6) is 0 Å². The van der Waals surface area contributed by atoms with E-state index in [1.165, 1.54) is 50.7 Å². The number of aliphatic hydroxyl groups is 2. The molecule has 264 valence electrons. The molecule has 4 rings (SSSR count). The SMILES string of the molecule is CCCCCCCC/C=C/CCCCCCCC(=O)O[C@H]1C[C@@]2(C)[C@@H](C[C@H](C)[C@]2(O)C(=O)CO)[C@@H]2CCC3=CC(=O)C=C[C@]3(C)[C@@]12F. The molecule has 2 N–H and O–H groups in total. The van der Waals surface area contributed by atoms with Gasteiger partial charge in [0.05, 0.1) is 0 Å². The van der Waals surface area contributed by atoms with Crippen molar-refractivity contribution in [2.24, 2.45) is 28.6 Å². The van der Waals surface area contributed by atoms with Gasteiger partial charge in [0.2, 0.25) is 0 Å². The van der Waals surface area contributed by atoms with E-state index in [1.807, 2.05) is 6.92 Å². The normalized spacial score (nSPS) is 36.1. The van der Waals surface area contributed by atoms with E-state index in [-0.39, 0.29) is 24.5 Å². The first kappa shape index (κ1) is 37.7. The van der Waals surface area contributed by atoms with Gasteiger partial charge in [0.15, 0.2) is 17.2 Å². The summed E-state index contributed by atoms with van der Waals surface area (Å²) in [6.07, 6.45) is 24.5. The van der Waals surface area contributed by atoms with E-state index in [1.54, 1.807) is 19.9 Å². The molecule has 0 saturated heterocycles. The van der Waals surface area contributed by atoms with E-state index in [2.05, 4.69) is 19.1 Å². The van der Waals surface area contributed by atoms with Crippen molar-refractivity contribution >= 4 is 17.5 Å². The molecule has 3 saturated carbocycles. The van der Waals surface area contributed by atoms with Gasteiger partial charge in [-0.15, -0.1) is 0 Å². The molecule has 0 amide bonds. The van der Waals surface area contributed by atoms with Gasteiger partial charge in [-0.2, -0.15) is 0 Å². The fraction of sp³-hybridized carbons (Fsp3) is 0.775. The standard InChI is InChI=1S/C40H61FO6/c1-5-6-7-8-9-10-11-12-13-14-15-16-17-18-19-20-36(45)47-35-27-38(4)33(25-29(2)40(38,46)34(44)28-42)32-22-21-30-26-31(43)23-24-37(30,3)39(32,35)41/h12-13,23-24,26,29,32-33,35,42,46H,5-11,14-22,25,27-28H2,1-4H3/b13-12+/t29-,32-,33-,35-,37-,38-,39-,40-/m0/s1. The van der Waals surface area contributed by atoms with Crippen LogP contribution in [0.2, 0.25) is 0 Å². The molecule has 0 aliphatic heterocycles. The summed E-state index contributed by atoms with van der Waals surface area (Å²) in [4.78, 5) is 38.7. The maximum atomic E-state index is 18.2. The Morgan fingerprint density at radius 1 is 0.979 bits per heavy atom. The van der Waals surface area contributed by atoms with E-state index < -0.39 is 58.4 Å². The quantitative estimate of drug-likeness (QED) is 0.0872. The Bertz CT molecular complexity index is 1210. The first-order chi connectivity index (χ1) is 22.4. The van der Waals surface area contributed by atoms with E-state index in [4.69, 9.17) is 4.74 Å². The summed E-state index contributed by atoms with van der Waals surface area (Å²) in [7, 11) is 0. The number of esters is 1. The second kappa shape index (κ2) is 16.1. The van der Waals surface area contributed by atoms with Crippen molar-refractivity contribution in [1.29, 1.82) is 0 Å². The number of ether oxygens (including phenoxy) is 1. The number of carbonyl (C=O) groups excluding carboxylic acids is 3. The molecule has 0 unspecified atom stereocenters. The molecular weight excluding hydrogens is 595 g/mol. The van der Waals surface area contributed by atoms with Crippen LogP contribution in [0.15, 0.2) is 36.0 Å². The smallest absolute Gasteiger partial charge is 0.306 e. The number of unbranched alkanes of at least 4 members (excludes halogenated alkanes) is 11. The van der Waals surface area contributed by atoms with Crippen LogP contribution in [-0.4, -0.2) is 51.7 Å². The predicted octanol–water partition coefficient (Wildman–Crippen LogP) is 8.48. The van der Waals surface area contributed by atoms with Crippen molar-refractivity contribution in [1.82, 2.24) is 0 Å². The fourth-order valence-electron chi connectivity index (χ4n) is 9.91. The third-order valence-electron chi connectivity index (χ3n) is 12.7. The minimum Gasteiger partial charge on any atom is -0.459 e. The Balaban J connectivity index is 1.35. The Hall–Kier alpha value is -2.12. The van der Waals surface area contributed by atoms with Crippen LogP contribution in [-0.2, 0) is 19.1 Å². The molecule has 0 radical (unpaired) electrons. The Morgan fingerprint density at radius 2 is 1.60 bits per heavy atom. The number of halogens is 1.